The van der Waals surface area contributed by atoms with Crippen molar-refractivity contribution in [3.8, 4) is 5.75 Å². The van der Waals surface area contributed by atoms with Crippen molar-refractivity contribution in [1.29, 1.82) is 0 Å². The van der Waals surface area contributed by atoms with Crippen LogP contribution >= 0.6 is 23.8 Å². The molecule has 0 aromatic heterocycles. The van der Waals surface area contributed by atoms with Gasteiger partial charge in [-0.3, -0.25) is 10.1 Å². The predicted octanol–water partition coefficient (Wildman–Crippen LogP) is 4.11. The van der Waals surface area contributed by atoms with Crippen molar-refractivity contribution in [1.82, 2.24) is 9.62 Å². The van der Waals surface area contributed by atoms with Gasteiger partial charge >= 0.3 is 0 Å². The van der Waals surface area contributed by atoms with E-state index >= 15 is 0 Å². The second-order valence-electron chi connectivity index (χ2n) is 7.54. The van der Waals surface area contributed by atoms with Crippen LogP contribution in [0.1, 0.15) is 31.2 Å². The maximum Gasteiger partial charge on any atom is 0.264 e. The third-order valence-electron chi connectivity index (χ3n) is 5.06. The summed E-state index contributed by atoms with van der Waals surface area (Å²) < 4.78 is 32.8. The number of ether oxygens (including phenoxy) is 1. The van der Waals surface area contributed by atoms with E-state index in [9.17, 15) is 13.2 Å². The third-order valence-corrected chi connectivity index (χ3v) is 7.42. The van der Waals surface area contributed by atoms with E-state index in [0.717, 1.165) is 31.2 Å². The first kappa shape index (κ1) is 24.4. The second kappa shape index (κ2) is 11.1. The standard InChI is InChI=1S/C22H26ClN3O4S2/c1-16-14-17(23)6-11-20(16)30-15-21(27)25-22(31)24-18-7-9-19(10-8-18)32(28,29)26-12-4-2-3-5-13-26/h6-11,14H,2-5,12-13,15H2,1H3,(H2,24,25,27,31). The Morgan fingerprint density at radius 2 is 1.75 bits per heavy atom. The summed E-state index contributed by atoms with van der Waals surface area (Å²) in [5.74, 6) is 0.141. The van der Waals surface area contributed by atoms with Crippen molar-refractivity contribution in [2.75, 3.05) is 25.0 Å². The number of carbonyl (C=O) groups is 1. The molecule has 0 unspecified atom stereocenters. The lowest BCUT2D eigenvalue weighted by Crippen LogP contribution is -2.37. The van der Waals surface area contributed by atoms with Gasteiger partial charge in [-0.2, -0.15) is 4.31 Å². The largest absolute Gasteiger partial charge is 0.483 e. The number of thiocarbonyl (C=S) groups is 1. The molecule has 172 valence electrons. The molecule has 1 amide bonds. The summed E-state index contributed by atoms with van der Waals surface area (Å²) in [6.07, 6.45) is 3.88. The minimum atomic E-state index is -3.51. The van der Waals surface area contributed by atoms with Crippen LogP contribution in [0.4, 0.5) is 5.69 Å². The minimum absolute atomic E-state index is 0.0922. The minimum Gasteiger partial charge on any atom is -0.483 e. The summed E-state index contributed by atoms with van der Waals surface area (Å²) >= 11 is 11.1. The van der Waals surface area contributed by atoms with E-state index in [0.29, 0.717) is 29.5 Å². The molecule has 32 heavy (non-hydrogen) atoms. The molecule has 0 spiro atoms. The van der Waals surface area contributed by atoms with Crippen molar-refractivity contribution in [2.45, 2.75) is 37.5 Å². The predicted molar refractivity (Wildman–Crippen MR) is 130 cm³/mol. The highest BCUT2D eigenvalue weighted by Crippen LogP contribution is 2.23. The molecule has 3 rings (SSSR count). The molecule has 0 bridgehead atoms. The number of anilines is 1. The number of nitrogens with zero attached hydrogens (tertiary/aromatic N) is 1. The van der Waals surface area contributed by atoms with Crippen LogP contribution in [0, 0.1) is 6.92 Å². The lowest BCUT2D eigenvalue weighted by atomic mass is 10.2. The Hall–Kier alpha value is -2.20. The van der Waals surface area contributed by atoms with Gasteiger partial charge in [0.1, 0.15) is 5.75 Å². The molecule has 10 heteroatoms. The van der Waals surface area contributed by atoms with Gasteiger partial charge in [0.15, 0.2) is 11.7 Å². The first-order chi connectivity index (χ1) is 15.3. The number of hydrogen-bond acceptors (Lipinski definition) is 5. The summed E-state index contributed by atoms with van der Waals surface area (Å²) in [7, 11) is -3.51. The Kier molecular flexibility index (Phi) is 8.47. The van der Waals surface area contributed by atoms with Gasteiger partial charge in [-0.25, -0.2) is 8.42 Å². The van der Waals surface area contributed by atoms with Gasteiger partial charge in [0.2, 0.25) is 10.0 Å². The van der Waals surface area contributed by atoms with E-state index in [4.69, 9.17) is 28.6 Å². The highest BCUT2D eigenvalue weighted by Gasteiger charge is 2.24. The Morgan fingerprint density at radius 1 is 1.09 bits per heavy atom. The fourth-order valence-electron chi connectivity index (χ4n) is 3.38. The number of amides is 1. The molecule has 0 saturated carbocycles. The Bertz CT molecular complexity index is 1070. The maximum atomic E-state index is 12.9. The molecular formula is C22H26ClN3O4S2. The van der Waals surface area contributed by atoms with Crippen LogP contribution in [0.25, 0.3) is 0 Å². The Labute approximate surface area is 199 Å². The van der Waals surface area contributed by atoms with E-state index < -0.39 is 15.9 Å². The topological polar surface area (TPSA) is 87.7 Å². The first-order valence-electron chi connectivity index (χ1n) is 10.4. The highest BCUT2D eigenvalue weighted by molar-refractivity contribution is 7.89. The lowest BCUT2D eigenvalue weighted by molar-refractivity contribution is -0.121. The van der Waals surface area contributed by atoms with E-state index in [2.05, 4.69) is 10.6 Å². The molecule has 1 aliphatic heterocycles. The number of carbonyl (C=O) groups excluding carboxylic acids is 1. The SMILES string of the molecule is Cc1cc(Cl)ccc1OCC(=O)NC(=S)Nc1ccc(S(=O)(=O)N2CCCCCC2)cc1. The molecule has 1 aliphatic rings. The van der Waals surface area contributed by atoms with E-state index in [-0.39, 0.29) is 16.6 Å². The second-order valence-corrected chi connectivity index (χ2v) is 10.3. The molecule has 7 nitrogen and oxygen atoms in total. The van der Waals surface area contributed by atoms with Gasteiger partial charge in [0.05, 0.1) is 4.90 Å². The van der Waals surface area contributed by atoms with Crippen molar-refractivity contribution in [3.63, 3.8) is 0 Å². The quantitative estimate of drug-likeness (QED) is 0.586. The number of sulfonamides is 1. The summed E-state index contributed by atoms with van der Waals surface area (Å²) in [5.41, 5.74) is 1.39. The molecule has 2 N–H and O–H groups in total. The summed E-state index contributed by atoms with van der Waals surface area (Å²) in [4.78, 5) is 12.4. The first-order valence-corrected chi connectivity index (χ1v) is 12.6. The van der Waals surface area contributed by atoms with Gasteiger partial charge < -0.3 is 10.1 Å². The fourth-order valence-corrected chi connectivity index (χ4v) is 5.36. The third kappa shape index (κ3) is 6.65. The van der Waals surface area contributed by atoms with Crippen molar-refractivity contribution < 1.29 is 17.9 Å². The van der Waals surface area contributed by atoms with E-state index in [1.807, 2.05) is 6.92 Å². The molecule has 0 radical (unpaired) electrons. The van der Waals surface area contributed by atoms with Gasteiger partial charge in [-0.15, -0.1) is 0 Å². The summed E-state index contributed by atoms with van der Waals surface area (Å²) in [6.45, 7) is 2.73. The molecule has 2 aromatic carbocycles. The van der Waals surface area contributed by atoms with Crippen LogP contribution in [0.15, 0.2) is 47.4 Å². The Balaban J connectivity index is 1.52. The number of nitrogens with one attached hydrogen (secondary N) is 2. The average molecular weight is 496 g/mol. The highest BCUT2D eigenvalue weighted by atomic mass is 35.5. The van der Waals surface area contributed by atoms with Crippen molar-refractivity contribution in [3.05, 3.63) is 53.1 Å². The number of benzene rings is 2. The van der Waals surface area contributed by atoms with Crippen LogP contribution in [-0.4, -0.2) is 43.4 Å². The van der Waals surface area contributed by atoms with E-state index in [1.54, 1.807) is 46.8 Å². The zero-order chi connectivity index (χ0) is 23.1. The Morgan fingerprint density at radius 3 is 2.38 bits per heavy atom. The normalized spacial score (nSPS) is 14.9. The molecule has 0 atom stereocenters. The molecule has 1 saturated heterocycles. The van der Waals surface area contributed by atoms with Crippen LogP contribution in [0.5, 0.6) is 5.75 Å². The molecule has 1 heterocycles. The average Bonchev–Trinajstić information content (AvgIpc) is 3.03. The lowest BCUT2D eigenvalue weighted by Gasteiger charge is -2.20. The maximum absolute atomic E-state index is 12.9. The van der Waals surface area contributed by atoms with Crippen LogP contribution in [0.2, 0.25) is 5.02 Å². The number of hydrogen-bond donors (Lipinski definition) is 2. The molecular weight excluding hydrogens is 470 g/mol. The van der Waals surface area contributed by atoms with Gasteiger partial charge in [-0.1, -0.05) is 24.4 Å². The zero-order valence-corrected chi connectivity index (χ0v) is 20.2. The zero-order valence-electron chi connectivity index (χ0n) is 17.8. The molecule has 2 aromatic rings. The van der Waals surface area contributed by atoms with Gasteiger partial charge in [0.25, 0.3) is 5.91 Å². The molecule has 1 fully saturated rings. The number of rotatable bonds is 6. The van der Waals surface area contributed by atoms with Gasteiger partial charge in [-0.05, 0) is 80.0 Å². The van der Waals surface area contributed by atoms with Crippen LogP contribution < -0.4 is 15.4 Å². The fraction of sp³-hybridized carbons (Fsp3) is 0.364. The van der Waals surface area contributed by atoms with Crippen LogP contribution in [-0.2, 0) is 14.8 Å². The van der Waals surface area contributed by atoms with Crippen molar-refractivity contribution in [2.24, 2.45) is 0 Å². The summed E-state index contributed by atoms with van der Waals surface area (Å²) in [5, 5.41) is 6.10. The number of aryl methyl sites for hydroxylation is 1. The smallest absolute Gasteiger partial charge is 0.264 e. The van der Waals surface area contributed by atoms with Crippen LogP contribution in [0.3, 0.4) is 0 Å². The summed E-state index contributed by atoms with van der Waals surface area (Å²) in [6, 6.07) is 11.5. The van der Waals surface area contributed by atoms with Crippen molar-refractivity contribution >= 4 is 50.5 Å². The number of halogens is 1. The van der Waals surface area contributed by atoms with E-state index in [1.165, 1.54) is 0 Å². The monoisotopic (exact) mass is 495 g/mol. The van der Waals surface area contributed by atoms with Gasteiger partial charge in [0, 0.05) is 23.8 Å². The molecule has 0 aliphatic carbocycles.